The fraction of sp³-hybridized carbons (Fsp3) is 0.786. The summed E-state index contributed by atoms with van der Waals surface area (Å²) in [6.07, 6.45) is 9.19. The van der Waals surface area contributed by atoms with Gasteiger partial charge in [-0.3, -0.25) is 9.58 Å². The quantitative estimate of drug-likeness (QED) is 0.800. The number of aromatic nitrogens is 2. The average Bonchev–Trinajstić information content (AvgIpc) is 2.91. The summed E-state index contributed by atoms with van der Waals surface area (Å²) in [6.45, 7) is 7.95. The van der Waals surface area contributed by atoms with E-state index < -0.39 is 0 Å². The third kappa shape index (κ3) is 4.42. The van der Waals surface area contributed by atoms with Crippen LogP contribution in [-0.2, 0) is 6.54 Å². The van der Waals surface area contributed by atoms with E-state index in [1.165, 1.54) is 45.3 Å². The summed E-state index contributed by atoms with van der Waals surface area (Å²) in [7, 11) is 0. The third-order valence-electron chi connectivity index (χ3n) is 3.64. The fourth-order valence-electron chi connectivity index (χ4n) is 2.68. The molecule has 1 N–H and O–H groups in total. The first-order valence-corrected chi connectivity index (χ1v) is 7.31. The van der Waals surface area contributed by atoms with Gasteiger partial charge in [0, 0.05) is 31.5 Å². The second kappa shape index (κ2) is 7.54. The first-order chi connectivity index (χ1) is 8.88. The number of nitrogens with zero attached hydrogens (tertiary/aromatic N) is 3. The zero-order chi connectivity index (χ0) is 12.6. The Bertz CT molecular complexity index is 304. The molecule has 1 saturated heterocycles. The molecule has 2 heterocycles. The van der Waals surface area contributed by atoms with Crippen LogP contribution in [-0.4, -0.2) is 46.9 Å². The standard InChI is InChI=1S/C14H26N4/c1-2-9-17(11-12-18-10-5-8-16-18)13-14-6-3-4-7-15-14/h5,8,10,14-15H,2-4,6-7,9,11-13H2,1H3. The number of hydrogen-bond acceptors (Lipinski definition) is 3. The van der Waals surface area contributed by atoms with Crippen LogP contribution in [0.5, 0.6) is 0 Å². The molecule has 0 aromatic carbocycles. The van der Waals surface area contributed by atoms with E-state index >= 15 is 0 Å². The molecule has 1 fully saturated rings. The van der Waals surface area contributed by atoms with Crippen LogP contribution in [0.15, 0.2) is 18.5 Å². The highest BCUT2D eigenvalue weighted by molar-refractivity contribution is 4.79. The molecule has 0 radical (unpaired) electrons. The minimum Gasteiger partial charge on any atom is -0.313 e. The molecule has 0 saturated carbocycles. The maximum absolute atomic E-state index is 4.27. The number of hydrogen-bond donors (Lipinski definition) is 1. The monoisotopic (exact) mass is 250 g/mol. The molecule has 1 unspecified atom stereocenters. The lowest BCUT2D eigenvalue weighted by molar-refractivity contribution is 0.215. The van der Waals surface area contributed by atoms with Gasteiger partial charge in [-0.1, -0.05) is 13.3 Å². The van der Waals surface area contributed by atoms with Crippen LogP contribution in [0.25, 0.3) is 0 Å². The average molecular weight is 250 g/mol. The largest absolute Gasteiger partial charge is 0.313 e. The Balaban J connectivity index is 1.75. The minimum atomic E-state index is 0.697. The van der Waals surface area contributed by atoms with Gasteiger partial charge in [-0.05, 0) is 38.4 Å². The molecular weight excluding hydrogens is 224 g/mol. The molecule has 1 aromatic heterocycles. The van der Waals surface area contributed by atoms with Gasteiger partial charge in [0.2, 0.25) is 0 Å². The Morgan fingerprint density at radius 1 is 1.39 bits per heavy atom. The van der Waals surface area contributed by atoms with Crippen LogP contribution in [0.4, 0.5) is 0 Å². The third-order valence-corrected chi connectivity index (χ3v) is 3.64. The minimum absolute atomic E-state index is 0.697. The van der Waals surface area contributed by atoms with E-state index in [2.05, 4.69) is 22.2 Å². The predicted molar refractivity (Wildman–Crippen MR) is 74.6 cm³/mol. The molecule has 0 spiro atoms. The van der Waals surface area contributed by atoms with E-state index in [-0.39, 0.29) is 0 Å². The molecule has 0 aliphatic carbocycles. The maximum Gasteiger partial charge on any atom is 0.0536 e. The molecule has 1 aliphatic heterocycles. The SMILES string of the molecule is CCCN(CCn1cccn1)CC1CCCCN1. The van der Waals surface area contributed by atoms with Gasteiger partial charge in [0.1, 0.15) is 0 Å². The lowest BCUT2D eigenvalue weighted by atomic mass is 10.0. The summed E-state index contributed by atoms with van der Waals surface area (Å²) >= 11 is 0. The zero-order valence-electron chi connectivity index (χ0n) is 11.5. The summed E-state index contributed by atoms with van der Waals surface area (Å²) in [6, 6.07) is 2.69. The first-order valence-electron chi connectivity index (χ1n) is 7.31. The van der Waals surface area contributed by atoms with Gasteiger partial charge in [-0.15, -0.1) is 0 Å². The fourth-order valence-corrected chi connectivity index (χ4v) is 2.68. The second-order valence-corrected chi connectivity index (χ2v) is 5.22. The molecule has 4 nitrogen and oxygen atoms in total. The van der Waals surface area contributed by atoms with Crippen LogP contribution in [0.3, 0.4) is 0 Å². The zero-order valence-corrected chi connectivity index (χ0v) is 11.5. The van der Waals surface area contributed by atoms with Gasteiger partial charge < -0.3 is 5.32 Å². The van der Waals surface area contributed by atoms with Crippen molar-refractivity contribution in [1.82, 2.24) is 20.0 Å². The van der Waals surface area contributed by atoms with Crippen molar-refractivity contribution in [2.45, 2.75) is 45.2 Å². The topological polar surface area (TPSA) is 33.1 Å². The molecule has 102 valence electrons. The smallest absolute Gasteiger partial charge is 0.0536 e. The highest BCUT2D eigenvalue weighted by Gasteiger charge is 2.15. The van der Waals surface area contributed by atoms with Crippen LogP contribution >= 0.6 is 0 Å². The molecule has 1 atom stereocenters. The molecule has 0 bridgehead atoms. The molecule has 4 heteroatoms. The van der Waals surface area contributed by atoms with E-state index in [0.717, 1.165) is 13.1 Å². The lowest BCUT2D eigenvalue weighted by Gasteiger charge is -2.30. The Hall–Kier alpha value is -0.870. The Morgan fingerprint density at radius 2 is 2.33 bits per heavy atom. The van der Waals surface area contributed by atoms with Crippen molar-refractivity contribution in [3.63, 3.8) is 0 Å². The van der Waals surface area contributed by atoms with Crippen LogP contribution in [0.2, 0.25) is 0 Å². The molecule has 0 amide bonds. The van der Waals surface area contributed by atoms with Gasteiger partial charge >= 0.3 is 0 Å². The Kier molecular flexibility index (Phi) is 5.68. The number of rotatable bonds is 7. The van der Waals surface area contributed by atoms with Gasteiger partial charge in [0.05, 0.1) is 6.54 Å². The van der Waals surface area contributed by atoms with Crippen molar-refractivity contribution < 1.29 is 0 Å². The lowest BCUT2D eigenvalue weighted by Crippen LogP contribution is -2.44. The van der Waals surface area contributed by atoms with Crippen molar-refractivity contribution in [1.29, 1.82) is 0 Å². The van der Waals surface area contributed by atoms with Crippen LogP contribution in [0.1, 0.15) is 32.6 Å². The van der Waals surface area contributed by atoms with E-state index in [4.69, 9.17) is 0 Å². The van der Waals surface area contributed by atoms with E-state index in [0.29, 0.717) is 6.04 Å². The van der Waals surface area contributed by atoms with Crippen molar-refractivity contribution in [2.75, 3.05) is 26.2 Å². The van der Waals surface area contributed by atoms with Gasteiger partial charge in [0.25, 0.3) is 0 Å². The summed E-state index contributed by atoms with van der Waals surface area (Å²) in [5.74, 6) is 0. The van der Waals surface area contributed by atoms with Crippen molar-refractivity contribution >= 4 is 0 Å². The normalized spacial score (nSPS) is 20.4. The Morgan fingerprint density at radius 3 is 3.00 bits per heavy atom. The maximum atomic E-state index is 4.27. The Labute approximate surface area is 110 Å². The predicted octanol–water partition coefficient (Wildman–Crippen LogP) is 1.74. The van der Waals surface area contributed by atoms with Gasteiger partial charge in [-0.2, -0.15) is 5.10 Å². The molecule has 18 heavy (non-hydrogen) atoms. The molecular formula is C14H26N4. The highest BCUT2D eigenvalue weighted by atomic mass is 15.3. The first kappa shape index (κ1) is 13.6. The second-order valence-electron chi connectivity index (χ2n) is 5.22. The van der Waals surface area contributed by atoms with E-state index in [1.807, 2.05) is 23.1 Å². The summed E-state index contributed by atoms with van der Waals surface area (Å²) in [5.41, 5.74) is 0. The summed E-state index contributed by atoms with van der Waals surface area (Å²) < 4.78 is 2.02. The molecule has 1 aliphatic rings. The van der Waals surface area contributed by atoms with Gasteiger partial charge in [-0.25, -0.2) is 0 Å². The van der Waals surface area contributed by atoms with Crippen molar-refractivity contribution in [3.05, 3.63) is 18.5 Å². The number of nitrogens with one attached hydrogen (secondary N) is 1. The molecule has 1 aromatic rings. The molecule has 2 rings (SSSR count). The van der Waals surface area contributed by atoms with E-state index in [1.54, 1.807) is 0 Å². The van der Waals surface area contributed by atoms with Crippen molar-refractivity contribution in [3.8, 4) is 0 Å². The van der Waals surface area contributed by atoms with Crippen LogP contribution < -0.4 is 5.32 Å². The van der Waals surface area contributed by atoms with Crippen molar-refractivity contribution in [2.24, 2.45) is 0 Å². The number of piperidine rings is 1. The van der Waals surface area contributed by atoms with E-state index in [9.17, 15) is 0 Å². The highest BCUT2D eigenvalue weighted by Crippen LogP contribution is 2.09. The van der Waals surface area contributed by atoms with Crippen LogP contribution in [0, 0.1) is 0 Å². The summed E-state index contributed by atoms with van der Waals surface area (Å²) in [4.78, 5) is 2.57. The van der Waals surface area contributed by atoms with Gasteiger partial charge in [0.15, 0.2) is 0 Å². The summed E-state index contributed by atoms with van der Waals surface area (Å²) in [5, 5.41) is 7.91.